The third-order valence-corrected chi connectivity index (χ3v) is 9.73. The highest BCUT2D eigenvalue weighted by Crippen LogP contribution is 2.34. The third kappa shape index (κ3) is 6.52. The molecule has 1 fully saturated rings. The lowest BCUT2D eigenvalue weighted by atomic mass is 9.99. The molecule has 0 unspecified atom stereocenters. The summed E-state index contributed by atoms with van der Waals surface area (Å²) in [6, 6.07) is 20.9. The van der Waals surface area contributed by atoms with E-state index in [1.807, 2.05) is 60.7 Å². The number of nitrogens with one attached hydrogen (secondary N) is 1. The van der Waals surface area contributed by atoms with Gasteiger partial charge in [-0.1, -0.05) is 36.4 Å². The molecule has 202 valence electrons. The second kappa shape index (κ2) is 12.1. The summed E-state index contributed by atoms with van der Waals surface area (Å²) in [6.07, 6.45) is 3.42. The van der Waals surface area contributed by atoms with Crippen molar-refractivity contribution in [2.45, 2.75) is 25.2 Å². The Morgan fingerprint density at radius 1 is 1.08 bits per heavy atom. The number of hydrogen-bond donors (Lipinski definition) is 1. The smallest absolute Gasteiger partial charge is 0.275 e. The molecule has 1 saturated heterocycles. The van der Waals surface area contributed by atoms with E-state index in [1.54, 1.807) is 29.1 Å². The van der Waals surface area contributed by atoms with Gasteiger partial charge in [-0.15, -0.1) is 11.3 Å². The predicted octanol–water partition coefficient (Wildman–Crippen LogP) is 5.22. The standard InChI is InChI=1S/C29H30N4O4S2/c1-37-24-10-11-25(21-7-3-2-4-8-21)26(19-24)31-28(34)27-20-38-29(32-27)22-12-16-33(17-13-22)39(35,36)18-14-23-9-5-6-15-30-23/h2-11,15,19-20,22H,12-14,16-18H2,1H3,(H,31,34). The second-order valence-electron chi connectivity index (χ2n) is 9.36. The number of anilines is 1. The number of sulfonamides is 1. The molecule has 2 aromatic heterocycles. The SMILES string of the molecule is COc1ccc(-c2ccccc2)c(NC(=O)c2csc(C3CCN(S(=O)(=O)CCc4ccccn4)CC3)n2)c1. The summed E-state index contributed by atoms with van der Waals surface area (Å²) in [7, 11) is -1.77. The molecular weight excluding hydrogens is 532 g/mol. The van der Waals surface area contributed by atoms with E-state index in [1.165, 1.54) is 11.3 Å². The molecule has 0 saturated carbocycles. The Bertz CT molecular complexity index is 1520. The minimum atomic E-state index is -3.36. The fraction of sp³-hybridized carbons (Fsp3) is 0.276. The van der Waals surface area contributed by atoms with Crippen LogP contribution in [0, 0.1) is 0 Å². The molecule has 0 aliphatic carbocycles. The lowest BCUT2D eigenvalue weighted by Gasteiger charge is -2.30. The summed E-state index contributed by atoms with van der Waals surface area (Å²) in [5.74, 6) is 0.518. The Kier molecular flexibility index (Phi) is 8.35. The molecule has 1 aliphatic rings. The van der Waals surface area contributed by atoms with E-state index >= 15 is 0 Å². The molecular formula is C29H30N4O4S2. The largest absolute Gasteiger partial charge is 0.497 e. The van der Waals surface area contributed by atoms with Gasteiger partial charge in [0.15, 0.2) is 0 Å². The van der Waals surface area contributed by atoms with Gasteiger partial charge in [-0.05, 0) is 42.7 Å². The topological polar surface area (TPSA) is 101 Å². The summed E-state index contributed by atoms with van der Waals surface area (Å²) in [5, 5.41) is 5.63. The Morgan fingerprint density at radius 3 is 2.56 bits per heavy atom. The number of ether oxygens (including phenoxy) is 1. The summed E-state index contributed by atoms with van der Waals surface area (Å²) in [6.45, 7) is 0.890. The number of rotatable bonds is 9. The minimum Gasteiger partial charge on any atom is -0.497 e. The summed E-state index contributed by atoms with van der Waals surface area (Å²) in [5.41, 5.74) is 3.63. The molecule has 0 radical (unpaired) electrons. The zero-order valence-electron chi connectivity index (χ0n) is 21.6. The van der Waals surface area contributed by atoms with Crippen molar-refractivity contribution >= 4 is 33.0 Å². The molecule has 39 heavy (non-hydrogen) atoms. The maximum absolute atomic E-state index is 13.2. The van der Waals surface area contributed by atoms with Crippen molar-refractivity contribution in [2.24, 2.45) is 0 Å². The van der Waals surface area contributed by atoms with Crippen molar-refractivity contribution in [3.05, 3.63) is 94.7 Å². The lowest BCUT2D eigenvalue weighted by Crippen LogP contribution is -2.39. The van der Waals surface area contributed by atoms with Crippen molar-refractivity contribution in [3.63, 3.8) is 0 Å². The van der Waals surface area contributed by atoms with Crippen LogP contribution in [-0.2, 0) is 16.4 Å². The molecule has 5 rings (SSSR count). The molecule has 10 heteroatoms. The number of thiazole rings is 1. The van der Waals surface area contributed by atoms with E-state index < -0.39 is 10.0 Å². The fourth-order valence-corrected chi connectivity index (χ4v) is 7.14. The molecule has 0 spiro atoms. The van der Waals surface area contributed by atoms with Crippen LogP contribution >= 0.6 is 11.3 Å². The van der Waals surface area contributed by atoms with Gasteiger partial charge in [0.2, 0.25) is 10.0 Å². The quantitative estimate of drug-likeness (QED) is 0.300. The first kappa shape index (κ1) is 27.0. The zero-order valence-corrected chi connectivity index (χ0v) is 23.2. The van der Waals surface area contributed by atoms with Gasteiger partial charge < -0.3 is 10.1 Å². The predicted molar refractivity (Wildman–Crippen MR) is 154 cm³/mol. The molecule has 0 bridgehead atoms. The molecule has 3 heterocycles. The summed E-state index contributed by atoms with van der Waals surface area (Å²) in [4.78, 5) is 22.0. The van der Waals surface area contributed by atoms with Crippen LogP contribution in [0.4, 0.5) is 5.69 Å². The summed E-state index contributed by atoms with van der Waals surface area (Å²) >= 11 is 1.45. The van der Waals surface area contributed by atoms with Crippen LogP contribution in [0.3, 0.4) is 0 Å². The molecule has 4 aromatic rings. The van der Waals surface area contributed by atoms with Crippen molar-refractivity contribution < 1.29 is 17.9 Å². The molecule has 2 aromatic carbocycles. The Hall–Kier alpha value is -3.60. The number of hydrogen-bond acceptors (Lipinski definition) is 7. The average molecular weight is 563 g/mol. The maximum Gasteiger partial charge on any atom is 0.275 e. The zero-order chi connectivity index (χ0) is 27.2. The van der Waals surface area contributed by atoms with Crippen LogP contribution in [-0.4, -0.2) is 54.6 Å². The number of nitrogens with zero attached hydrogens (tertiary/aromatic N) is 3. The van der Waals surface area contributed by atoms with Gasteiger partial charge in [0.05, 0.1) is 23.6 Å². The van der Waals surface area contributed by atoms with E-state index in [2.05, 4.69) is 15.3 Å². The average Bonchev–Trinajstić information content (AvgIpc) is 3.48. The molecule has 1 amide bonds. The number of benzene rings is 2. The van der Waals surface area contributed by atoms with Gasteiger partial charge in [-0.25, -0.2) is 17.7 Å². The van der Waals surface area contributed by atoms with Crippen LogP contribution in [0.25, 0.3) is 11.1 Å². The van der Waals surface area contributed by atoms with Crippen LogP contribution < -0.4 is 10.1 Å². The number of pyridine rings is 1. The fourth-order valence-electron chi connectivity index (χ4n) is 4.68. The van der Waals surface area contributed by atoms with Crippen molar-refractivity contribution in [1.29, 1.82) is 0 Å². The van der Waals surface area contributed by atoms with Gasteiger partial charge in [0, 0.05) is 54.3 Å². The Labute approximate surface area is 232 Å². The van der Waals surface area contributed by atoms with E-state index in [9.17, 15) is 13.2 Å². The number of aromatic nitrogens is 2. The first-order chi connectivity index (χ1) is 18.9. The molecule has 0 atom stereocenters. The molecule has 1 N–H and O–H groups in total. The molecule has 1 aliphatic heterocycles. The third-order valence-electron chi connectivity index (χ3n) is 6.85. The highest BCUT2D eigenvalue weighted by Gasteiger charge is 2.30. The van der Waals surface area contributed by atoms with Crippen molar-refractivity contribution in [2.75, 3.05) is 31.3 Å². The van der Waals surface area contributed by atoms with Crippen LogP contribution in [0.2, 0.25) is 0 Å². The van der Waals surface area contributed by atoms with Gasteiger partial charge >= 0.3 is 0 Å². The highest BCUT2D eigenvalue weighted by atomic mass is 32.2. The Balaban J connectivity index is 1.22. The van der Waals surface area contributed by atoms with Gasteiger partial charge in [-0.2, -0.15) is 0 Å². The van der Waals surface area contributed by atoms with Gasteiger partial charge in [0.1, 0.15) is 11.4 Å². The summed E-state index contributed by atoms with van der Waals surface area (Å²) < 4.78 is 32.7. The van der Waals surface area contributed by atoms with Crippen LogP contribution in [0.5, 0.6) is 5.75 Å². The number of methoxy groups -OCH3 is 1. The highest BCUT2D eigenvalue weighted by molar-refractivity contribution is 7.89. The maximum atomic E-state index is 13.2. The van der Waals surface area contributed by atoms with E-state index in [0.717, 1.165) is 21.8 Å². The van der Waals surface area contributed by atoms with Crippen LogP contribution in [0.1, 0.15) is 39.9 Å². The second-order valence-corrected chi connectivity index (χ2v) is 12.3. The number of amides is 1. The Morgan fingerprint density at radius 2 is 1.85 bits per heavy atom. The normalized spacial score (nSPS) is 14.7. The number of aryl methyl sites for hydroxylation is 1. The van der Waals surface area contributed by atoms with E-state index in [-0.39, 0.29) is 17.6 Å². The molecule has 8 nitrogen and oxygen atoms in total. The van der Waals surface area contributed by atoms with Gasteiger partial charge in [0.25, 0.3) is 5.91 Å². The van der Waals surface area contributed by atoms with E-state index in [4.69, 9.17) is 4.74 Å². The monoisotopic (exact) mass is 562 g/mol. The lowest BCUT2D eigenvalue weighted by molar-refractivity contribution is 0.102. The van der Waals surface area contributed by atoms with Crippen LogP contribution in [0.15, 0.2) is 78.3 Å². The number of piperidine rings is 1. The minimum absolute atomic E-state index is 0.0471. The van der Waals surface area contributed by atoms with Gasteiger partial charge in [-0.3, -0.25) is 9.78 Å². The first-order valence-electron chi connectivity index (χ1n) is 12.8. The van der Waals surface area contributed by atoms with Crippen molar-refractivity contribution in [1.82, 2.24) is 14.3 Å². The first-order valence-corrected chi connectivity index (χ1v) is 15.3. The van der Waals surface area contributed by atoms with E-state index in [0.29, 0.717) is 49.5 Å². The van der Waals surface area contributed by atoms with Crippen molar-refractivity contribution in [3.8, 4) is 16.9 Å². The number of carbonyl (C=O) groups excluding carboxylic acids is 1. The number of carbonyl (C=O) groups is 1.